The first-order valence-corrected chi connectivity index (χ1v) is 11.2. The monoisotopic (exact) mass is 457 g/mol. The van der Waals surface area contributed by atoms with Crippen molar-refractivity contribution >= 4 is 34.1 Å². The molecule has 6 rings (SSSR count). The Bertz CT molecular complexity index is 1480. The summed E-state index contributed by atoms with van der Waals surface area (Å²) in [6.45, 7) is 5.92. The molecule has 0 atom stereocenters. The Balaban J connectivity index is 1.24. The molecule has 5 aromatic rings. The number of aryl methyl sites for hydroxylation is 1. The number of piperazine rings is 1. The van der Waals surface area contributed by atoms with Crippen LogP contribution in [-0.2, 0) is 0 Å². The zero-order chi connectivity index (χ0) is 23.2. The van der Waals surface area contributed by atoms with Crippen LogP contribution in [0.3, 0.4) is 0 Å². The van der Waals surface area contributed by atoms with Crippen LogP contribution in [0, 0.1) is 12.7 Å². The minimum Gasteiger partial charge on any atom is -0.354 e. The maximum atomic E-state index is 14.6. The maximum Gasteiger partial charge on any atom is 0.229 e. The molecule has 34 heavy (non-hydrogen) atoms. The molecule has 1 aliphatic heterocycles. The second-order valence-corrected chi connectivity index (χ2v) is 8.65. The van der Waals surface area contributed by atoms with E-state index in [9.17, 15) is 4.39 Å². The third-order valence-electron chi connectivity index (χ3n) is 6.32. The second-order valence-electron chi connectivity index (χ2n) is 8.65. The number of hydrogen-bond donors (Lipinski definition) is 2. The molecule has 10 heteroatoms. The van der Waals surface area contributed by atoms with E-state index in [1.165, 1.54) is 6.07 Å². The second kappa shape index (κ2) is 8.07. The molecule has 172 valence electrons. The smallest absolute Gasteiger partial charge is 0.229 e. The number of nitrogens with zero attached hydrogens (tertiary/aromatic N) is 7. The van der Waals surface area contributed by atoms with E-state index in [4.69, 9.17) is 0 Å². The van der Waals surface area contributed by atoms with Gasteiger partial charge in [0.25, 0.3) is 0 Å². The highest BCUT2D eigenvalue weighted by Crippen LogP contribution is 2.30. The van der Waals surface area contributed by atoms with Gasteiger partial charge in [-0.1, -0.05) is 0 Å². The molecule has 1 fully saturated rings. The van der Waals surface area contributed by atoms with Crippen LogP contribution in [0.5, 0.6) is 0 Å². The lowest BCUT2D eigenvalue weighted by molar-refractivity contribution is 0.312. The van der Waals surface area contributed by atoms with Crippen molar-refractivity contribution in [3.05, 3.63) is 60.7 Å². The SMILES string of the molecule is Cc1cnc2c(F)cc(-c3c[nH]c4nc(Nc5ccc(N6CCN(C)CC6)nc5)ncc34)cn12. The van der Waals surface area contributed by atoms with Gasteiger partial charge in [-0.05, 0) is 32.2 Å². The van der Waals surface area contributed by atoms with Crippen LogP contribution in [0.1, 0.15) is 5.69 Å². The van der Waals surface area contributed by atoms with Gasteiger partial charge in [-0.25, -0.2) is 19.3 Å². The molecule has 9 nitrogen and oxygen atoms in total. The molecule has 0 aromatic carbocycles. The Hall–Kier alpha value is -4.05. The van der Waals surface area contributed by atoms with Gasteiger partial charge in [-0.15, -0.1) is 0 Å². The van der Waals surface area contributed by atoms with Crippen LogP contribution in [0.15, 0.2) is 49.2 Å². The van der Waals surface area contributed by atoms with Gasteiger partial charge in [0, 0.05) is 73.2 Å². The first-order valence-electron chi connectivity index (χ1n) is 11.2. The number of imidazole rings is 1. The number of hydrogen-bond acceptors (Lipinski definition) is 7. The van der Waals surface area contributed by atoms with Crippen molar-refractivity contribution in [2.24, 2.45) is 0 Å². The van der Waals surface area contributed by atoms with Crippen LogP contribution in [0.4, 0.5) is 21.8 Å². The number of nitrogens with one attached hydrogen (secondary N) is 2. The lowest BCUT2D eigenvalue weighted by Gasteiger charge is -2.33. The van der Waals surface area contributed by atoms with E-state index in [0.29, 0.717) is 17.2 Å². The summed E-state index contributed by atoms with van der Waals surface area (Å²) in [5, 5.41) is 4.03. The van der Waals surface area contributed by atoms with Crippen LogP contribution >= 0.6 is 0 Å². The van der Waals surface area contributed by atoms with Crippen molar-refractivity contribution in [3.8, 4) is 11.1 Å². The number of rotatable bonds is 4. The minimum atomic E-state index is -0.369. The van der Waals surface area contributed by atoms with E-state index in [0.717, 1.165) is 59.9 Å². The summed E-state index contributed by atoms with van der Waals surface area (Å²) in [7, 11) is 2.14. The number of H-pyrrole nitrogens is 1. The molecule has 0 unspecified atom stereocenters. The van der Waals surface area contributed by atoms with Gasteiger partial charge in [0.2, 0.25) is 5.95 Å². The van der Waals surface area contributed by atoms with Crippen molar-refractivity contribution in [2.45, 2.75) is 6.92 Å². The van der Waals surface area contributed by atoms with E-state index in [1.807, 2.05) is 31.5 Å². The van der Waals surface area contributed by atoms with Crippen LogP contribution < -0.4 is 10.2 Å². The highest BCUT2D eigenvalue weighted by Gasteiger charge is 2.16. The molecule has 2 N–H and O–H groups in total. The van der Waals surface area contributed by atoms with Gasteiger partial charge in [0.15, 0.2) is 11.5 Å². The Morgan fingerprint density at radius 3 is 2.68 bits per heavy atom. The first-order chi connectivity index (χ1) is 16.5. The number of pyridine rings is 2. The van der Waals surface area contributed by atoms with E-state index in [-0.39, 0.29) is 5.82 Å². The summed E-state index contributed by atoms with van der Waals surface area (Å²) < 4.78 is 16.3. The highest BCUT2D eigenvalue weighted by atomic mass is 19.1. The van der Waals surface area contributed by atoms with Gasteiger partial charge in [-0.3, -0.25) is 0 Å². The van der Waals surface area contributed by atoms with Gasteiger partial charge in [0.1, 0.15) is 11.5 Å². The number of anilines is 3. The van der Waals surface area contributed by atoms with E-state index < -0.39 is 0 Å². The predicted molar refractivity (Wildman–Crippen MR) is 130 cm³/mol. The van der Waals surface area contributed by atoms with Crippen molar-refractivity contribution in [1.29, 1.82) is 0 Å². The summed E-state index contributed by atoms with van der Waals surface area (Å²) in [5.41, 5.74) is 4.21. The topological polar surface area (TPSA) is 90.3 Å². The average Bonchev–Trinajstić information content (AvgIpc) is 3.44. The van der Waals surface area contributed by atoms with Gasteiger partial charge >= 0.3 is 0 Å². The summed E-state index contributed by atoms with van der Waals surface area (Å²) in [4.78, 5) is 25.6. The molecule has 0 spiro atoms. The molecular weight excluding hydrogens is 433 g/mol. The molecule has 0 radical (unpaired) electrons. The number of likely N-dealkylation sites (N-methyl/N-ethyl adjacent to an activating group) is 1. The molecule has 0 bridgehead atoms. The summed E-state index contributed by atoms with van der Waals surface area (Å²) in [5.74, 6) is 1.06. The van der Waals surface area contributed by atoms with Crippen LogP contribution in [-0.4, -0.2) is 67.4 Å². The summed E-state index contributed by atoms with van der Waals surface area (Å²) in [6.07, 6.45) is 8.90. The van der Waals surface area contributed by atoms with Crippen LogP contribution in [0.25, 0.3) is 27.8 Å². The fourth-order valence-corrected chi connectivity index (χ4v) is 4.33. The Morgan fingerprint density at radius 2 is 1.88 bits per heavy atom. The Labute approximate surface area is 195 Å². The fourth-order valence-electron chi connectivity index (χ4n) is 4.33. The average molecular weight is 458 g/mol. The van der Waals surface area contributed by atoms with Gasteiger partial charge < -0.3 is 24.5 Å². The number of halogens is 1. The lowest BCUT2D eigenvalue weighted by atomic mass is 10.1. The molecule has 6 heterocycles. The quantitative estimate of drug-likeness (QED) is 0.426. The summed E-state index contributed by atoms with van der Waals surface area (Å²) >= 11 is 0. The van der Waals surface area contributed by atoms with Crippen molar-refractivity contribution in [3.63, 3.8) is 0 Å². The molecule has 0 amide bonds. The molecule has 1 aliphatic rings. The largest absolute Gasteiger partial charge is 0.354 e. The zero-order valence-corrected chi connectivity index (χ0v) is 19.0. The third-order valence-corrected chi connectivity index (χ3v) is 6.32. The van der Waals surface area contributed by atoms with Gasteiger partial charge in [-0.2, -0.15) is 4.98 Å². The van der Waals surface area contributed by atoms with Crippen LogP contribution in [0.2, 0.25) is 0 Å². The molecule has 5 aromatic heterocycles. The van der Waals surface area contributed by atoms with E-state index >= 15 is 0 Å². The molecular formula is C24H24FN9. The number of aromatic nitrogens is 6. The van der Waals surface area contributed by atoms with Gasteiger partial charge in [0.05, 0.1) is 11.9 Å². The van der Waals surface area contributed by atoms with Crippen molar-refractivity contribution in [1.82, 2.24) is 34.2 Å². The van der Waals surface area contributed by atoms with E-state index in [1.54, 1.807) is 23.0 Å². The zero-order valence-electron chi connectivity index (χ0n) is 19.0. The first kappa shape index (κ1) is 20.5. The highest BCUT2D eigenvalue weighted by molar-refractivity contribution is 5.93. The lowest BCUT2D eigenvalue weighted by Crippen LogP contribution is -2.44. The normalized spacial score (nSPS) is 14.9. The van der Waals surface area contributed by atoms with E-state index in [2.05, 4.69) is 47.1 Å². The number of aromatic amines is 1. The third kappa shape index (κ3) is 3.61. The standard InChI is InChI=1S/C24H24FN9/c1-15-10-28-23-20(25)9-16(14-34(15)23)18-12-27-22-19(18)13-29-24(31-22)30-17-3-4-21(26-11-17)33-7-5-32(2)6-8-33/h3-4,9-14H,5-8H2,1-2H3,(H2,27,29,30,31). The molecule has 0 saturated carbocycles. The van der Waals surface area contributed by atoms with Crippen molar-refractivity contribution < 1.29 is 4.39 Å². The maximum absolute atomic E-state index is 14.6. The molecule has 0 aliphatic carbocycles. The minimum absolute atomic E-state index is 0.316. The Morgan fingerprint density at radius 1 is 1.03 bits per heavy atom. The predicted octanol–water partition coefficient (Wildman–Crippen LogP) is 3.61. The number of fused-ring (bicyclic) bond motifs is 2. The fraction of sp³-hybridized carbons (Fsp3) is 0.250. The molecule has 1 saturated heterocycles. The van der Waals surface area contributed by atoms with Crippen molar-refractivity contribution in [2.75, 3.05) is 43.4 Å². The summed E-state index contributed by atoms with van der Waals surface area (Å²) in [6, 6.07) is 5.49. The Kier molecular flexibility index (Phi) is 4.88.